The molecule has 0 radical (unpaired) electrons. The minimum Gasteiger partial charge on any atom is -0.461 e. The Hall–Kier alpha value is -2.13. The summed E-state index contributed by atoms with van der Waals surface area (Å²) < 4.78 is 5.39. The van der Waals surface area contributed by atoms with Crippen LogP contribution in [0, 0.1) is 11.8 Å². The molecule has 2 rings (SSSR count). The standard InChI is InChI=1S/C19H19ClO3/c1-14(12-21)18(11-15-7-9-17(20)10-8-15)19(22)23-13-16-5-3-2-4-6-16/h2-10,12,14,18H,11,13H2,1H3. The summed E-state index contributed by atoms with van der Waals surface area (Å²) in [5.41, 5.74) is 1.87. The van der Waals surface area contributed by atoms with E-state index in [0.717, 1.165) is 17.4 Å². The van der Waals surface area contributed by atoms with E-state index < -0.39 is 11.8 Å². The van der Waals surface area contributed by atoms with E-state index in [-0.39, 0.29) is 12.6 Å². The van der Waals surface area contributed by atoms with Crippen LogP contribution in [0.3, 0.4) is 0 Å². The lowest BCUT2D eigenvalue weighted by Gasteiger charge is -2.19. The number of aldehydes is 1. The van der Waals surface area contributed by atoms with Gasteiger partial charge in [0.15, 0.2) is 0 Å². The molecule has 120 valence electrons. The largest absolute Gasteiger partial charge is 0.461 e. The van der Waals surface area contributed by atoms with Crippen LogP contribution in [0.5, 0.6) is 0 Å². The summed E-state index contributed by atoms with van der Waals surface area (Å²) >= 11 is 5.87. The molecule has 0 saturated carbocycles. The lowest BCUT2D eigenvalue weighted by molar-refractivity contribution is -0.152. The Balaban J connectivity index is 2.03. The van der Waals surface area contributed by atoms with Crippen LogP contribution >= 0.6 is 11.6 Å². The fourth-order valence-corrected chi connectivity index (χ4v) is 2.41. The van der Waals surface area contributed by atoms with Gasteiger partial charge in [-0.15, -0.1) is 0 Å². The molecular formula is C19H19ClO3. The predicted molar refractivity (Wildman–Crippen MR) is 90.1 cm³/mol. The number of ether oxygens (including phenoxy) is 1. The second kappa shape index (κ2) is 8.49. The van der Waals surface area contributed by atoms with E-state index in [2.05, 4.69) is 0 Å². The maximum atomic E-state index is 12.4. The number of rotatable bonds is 7. The van der Waals surface area contributed by atoms with Gasteiger partial charge in [0.25, 0.3) is 0 Å². The second-order valence-corrected chi connectivity index (χ2v) is 5.96. The number of hydrogen-bond donors (Lipinski definition) is 0. The first-order valence-corrected chi connectivity index (χ1v) is 7.88. The van der Waals surface area contributed by atoms with Crippen LogP contribution < -0.4 is 0 Å². The average molecular weight is 331 g/mol. The first kappa shape index (κ1) is 17.2. The Morgan fingerprint density at radius 2 is 1.74 bits per heavy atom. The highest BCUT2D eigenvalue weighted by molar-refractivity contribution is 6.30. The van der Waals surface area contributed by atoms with E-state index >= 15 is 0 Å². The lowest BCUT2D eigenvalue weighted by atomic mass is 9.89. The third-order valence-electron chi connectivity index (χ3n) is 3.74. The van der Waals surface area contributed by atoms with E-state index in [1.807, 2.05) is 42.5 Å². The van der Waals surface area contributed by atoms with Crippen molar-refractivity contribution < 1.29 is 14.3 Å². The van der Waals surface area contributed by atoms with Crippen LogP contribution in [0.2, 0.25) is 5.02 Å². The van der Waals surface area contributed by atoms with E-state index in [1.165, 1.54) is 0 Å². The lowest BCUT2D eigenvalue weighted by Crippen LogP contribution is -2.27. The number of benzene rings is 2. The van der Waals surface area contributed by atoms with Crippen molar-refractivity contribution >= 4 is 23.9 Å². The van der Waals surface area contributed by atoms with Gasteiger partial charge in [-0.25, -0.2) is 0 Å². The maximum absolute atomic E-state index is 12.4. The first-order valence-electron chi connectivity index (χ1n) is 7.50. The SMILES string of the molecule is CC(C=O)C(Cc1ccc(Cl)cc1)C(=O)OCc1ccccc1. The summed E-state index contributed by atoms with van der Waals surface area (Å²) in [6.07, 6.45) is 1.25. The Kier molecular flexibility index (Phi) is 6.36. The topological polar surface area (TPSA) is 43.4 Å². The number of carbonyl (C=O) groups is 2. The highest BCUT2D eigenvalue weighted by atomic mass is 35.5. The summed E-state index contributed by atoms with van der Waals surface area (Å²) in [6, 6.07) is 16.7. The number of carbonyl (C=O) groups excluding carboxylic acids is 2. The van der Waals surface area contributed by atoms with Gasteiger partial charge in [-0.2, -0.15) is 0 Å². The van der Waals surface area contributed by atoms with Gasteiger partial charge < -0.3 is 9.53 Å². The number of esters is 1. The molecule has 0 amide bonds. The zero-order chi connectivity index (χ0) is 16.7. The van der Waals surface area contributed by atoms with Gasteiger partial charge in [-0.05, 0) is 29.7 Å². The van der Waals surface area contributed by atoms with Gasteiger partial charge in [0.1, 0.15) is 12.9 Å². The van der Waals surface area contributed by atoms with Gasteiger partial charge in [-0.1, -0.05) is 61.0 Å². The molecule has 0 aliphatic carbocycles. The zero-order valence-electron chi connectivity index (χ0n) is 12.9. The molecule has 2 atom stereocenters. The summed E-state index contributed by atoms with van der Waals surface area (Å²) in [5.74, 6) is -1.27. The highest BCUT2D eigenvalue weighted by Crippen LogP contribution is 2.20. The molecule has 2 aromatic carbocycles. The maximum Gasteiger partial charge on any atom is 0.310 e. The molecule has 0 heterocycles. The normalized spacial score (nSPS) is 13.1. The van der Waals surface area contributed by atoms with Gasteiger partial charge >= 0.3 is 5.97 Å². The Morgan fingerprint density at radius 3 is 2.35 bits per heavy atom. The van der Waals surface area contributed by atoms with E-state index in [0.29, 0.717) is 11.4 Å². The Bertz CT molecular complexity index is 637. The molecule has 3 nitrogen and oxygen atoms in total. The summed E-state index contributed by atoms with van der Waals surface area (Å²) in [7, 11) is 0. The van der Waals surface area contributed by atoms with Crippen LogP contribution in [0.25, 0.3) is 0 Å². The minimum absolute atomic E-state index is 0.211. The van der Waals surface area contributed by atoms with Crippen molar-refractivity contribution in [3.05, 3.63) is 70.7 Å². The van der Waals surface area contributed by atoms with Crippen molar-refractivity contribution in [2.45, 2.75) is 20.0 Å². The van der Waals surface area contributed by atoms with E-state index in [4.69, 9.17) is 16.3 Å². The fraction of sp³-hybridized carbons (Fsp3) is 0.263. The van der Waals surface area contributed by atoms with Gasteiger partial charge in [-0.3, -0.25) is 4.79 Å². The molecule has 2 unspecified atom stereocenters. The van der Waals surface area contributed by atoms with Crippen molar-refractivity contribution in [1.82, 2.24) is 0 Å². The van der Waals surface area contributed by atoms with Crippen molar-refractivity contribution in [3.8, 4) is 0 Å². The summed E-state index contributed by atoms with van der Waals surface area (Å²) in [4.78, 5) is 23.5. The molecule has 0 N–H and O–H groups in total. The van der Waals surface area contributed by atoms with Crippen molar-refractivity contribution in [1.29, 1.82) is 0 Å². The third kappa shape index (κ3) is 5.22. The predicted octanol–water partition coefficient (Wildman–Crippen LogP) is 4.08. The smallest absolute Gasteiger partial charge is 0.310 e. The van der Waals surface area contributed by atoms with Gasteiger partial charge in [0, 0.05) is 10.9 Å². The monoisotopic (exact) mass is 330 g/mol. The molecule has 0 aliphatic heterocycles. The number of halogens is 1. The average Bonchev–Trinajstić information content (AvgIpc) is 2.59. The molecule has 0 aliphatic rings. The fourth-order valence-electron chi connectivity index (χ4n) is 2.29. The molecule has 2 aromatic rings. The van der Waals surface area contributed by atoms with Crippen LogP contribution in [0.15, 0.2) is 54.6 Å². The molecule has 23 heavy (non-hydrogen) atoms. The summed E-state index contributed by atoms with van der Waals surface area (Å²) in [6.45, 7) is 1.94. The van der Waals surface area contributed by atoms with Crippen molar-refractivity contribution in [3.63, 3.8) is 0 Å². The zero-order valence-corrected chi connectivity index (χ0v) is 13.7. The van der Waals surface area contributed by atoms with Crippen molar-refractivity contribution in [2.24, 2.45) is 11.8 Å². The van der Waals surface area contributed by atoms with Crippen LogP contribution in [0.1, 0.15) is 18.1 Å². The molecule has 0 bridgehead atoms. The summed E-state index contributed by atoms with van der Waals surface area (Å²) in [5, 5.41) is 0.639. The molecule has 0 aromatic heterocycles. The van der Waals surface area contributed by atoms with E-state index in [9.17, 15) is 9.59 Å². The van der Waals surface area contributed by atoms with Crippen LogP contribution in [-0.2, 0) is 27.4 Å². The minimum atomic E-state index is -0.502. The second-order valence-electron chi connectivity index (χ2n) is 5.53. The molecular weight excluding hydrogens is 312 g/mol. The van der Waals surface area contributed by atoms with Crippen molar-refractivity contribution in [2.75, 3.05) is 0 Å². The molecule has 0 saturated heterocycles. The molecule has 4 heteroatoms. The highest BCUT2D eigenvalue weighted by Gasteiger charge is 2.26. The Labute approximate surface area is 141 Å². The first-order chi connectivity index (χ1) is 11.1. The quantitative estimate of drug-likeness (QED) is 0.567. The Morgan fingerprint density at radius 1 is 1.09 bits per heavy atom. The van der Waals surface area contributed by atoms with E-state index in [1.54, 1.807) is 19.1 Å². The van der Waals surface area contributed by atoms with Gasteiger partial charge in [0.2, 0.25) is 0 Å². The molecule has 0 spiro atoms. The van der Waals surface area contributed by atoms with Gasteiger partial charge in [0.05, 0.1) is 5.92 Å². The number of hydrogen-bond acceptors (Lipinski definition) is 3. The third-order valence-corrected chi connectivity index (χ3v) is 4.00. The molecule has 0 fully saturated rings. The van der Waals surface area contributed by atoms with Crippen LogP contribution in [0.4, 0.5) is 0 Å². The van der Waals surface area contributed by atoms with Crippen LogP contribution in [-0.4, -0.2) is 12.3 Å².